The minimum absolute atomic E-state index is 0.0239. The SMILES string of the molecule is COc1ccccc1C(C)(Cc1cc(C(F)(F)F)cc(C(F)(F)F)c1)N1CCN(C2Cc3ccccc3C2)CC1. The van der Waals surface area contributed by atoms with Crippen molar-refractivity contribution >= 4 is 0 Å². The molecule has 214 valence electrons. The number of rotatable bonds is 6. The Morgan fingerprint density at radius 3 is 1.80 bits per heavy atom. The lowest BCUT2D eigenvalue weighted by Gasteiger charge is -2.48. The number of piperazine rings is 1. The normalized spacial score (nSPS) is 18.9. The first-order valence-electron chi connectivity index (χ1n) is 13.4. The van der Waals surface area contributed by atoms with Crippen LogP contribution in [0.1, 0.15) is 40.3 Å². The van der Waals surface area contributed by atoms with Gasteiger partial charge in [-0.25, -0.2) is 0 Å². The Balaban J connectivity index is 1.46. The summed E-state index contributed by atoms with van der Waals surface area (Å²) in [4.78, 5) is 4.63. The maximum Gasteiger partial charge on any atom is 0.416 e. The third-order valence-electron chi connectivity index (χ3n) is 8.44. The van der Waals surface area contributed by atoms with Gasteiger partial charge in [-0.3, -0.25) is 9.80 Å². The van der Waals surface area contributed by atoms with Crippen molar-refractivity contribution in [3.8, 4) is 5.75 Å². The van der Waals surface area contributed by atoms with Gasteiger partial charge in [0.05, 0.1) is 23.8 Å². The lowest BCUT2D eigenvalue weighted by atomic mass is 9.82. The monoisotopic (exact) mass is 562 g/mol. The topological polar surface area (TPSA) is 15.7 Å². The summed E-state index contributed by atoms with van der Waals surface area (Å²) in [5.41, 5.74) is -0.0904. The number of halogens is 6. The molecule has 3 nitrogen and oxygen atoms in total. The quantitative estimate of drug-likeness (QED) is 0.302. The number of alkyl halides is 6. The zero-order valence-corrected chi connectivity index (χ0v) is 22.4. The molecule has 1 heterocycles. The van der Waals surface area contributed by atoms with E-state index in [1.165, 1.54) is 18.2 Å². The molecule has 0 bridgehead atoms. The highest BCUT2D eigenvalue weighted by molar-refractivity contribution is 5.42. The summed E-state index contributed by atoms with van der Waals surface area (Å²) < 4.78 is 87.5. The van der Waals surface area contributed by atoms with Crippen molar-refractivity contribution in [1.29, 1.82) is 0 Å². The van der Waals surface area contributed by atoms with Gasteiger partial charge in [0.1, 0.15) is 5.75 Å². The van der Waals surface area contributed by atoms with Crippen LogP contribution in [0.25, 0.3) is 0 Å². The lowest BCUT2D eigenvalue weighted by molar-refractivity contribution is -0.143. The molecular weight excluding hydrogens is 530 g/mol. The molecular formula is C31H32F6N2O. The summed E-state index contributed by atoms with van der Waals surface area (Å²) >= 11 is 0. The van der Waals surface area contributed by atoms with E-state index in [1.54, 1.807) is 12.1 Å². The minimum Gasteiger partial charge on any atom is -0.496 e. The van der Waals surface area contributed by atoms with Crippen LogP contribution >= 0.6 is 0 Å². The minimum atomic E-state index is -4.90. The Hall–Kier alpha value is -3.04. The van der Waals surface area contributed by atoms with Crippen LogP contribution in [0.5, 0.6) is 5.75 Å². The highest BCUT2D eigenvalue weighted by Gasteiger charge is 2.42. The molecule has 1 aliphatic carbocycles. The van der Waals surface area contributed by atoms with E-state index in [1.807, 2.05) is 19.1 Å². The van der Waals surface area contributed by atoms with Gasteiger partial charge in [-0.2, -0.15) is 26.3 Å². The molecule has 0 aromatic heterocycles. The molecule has 0 amide bonds. The molecule has 0 radical (unpaired) electrons. The molecule has 40 heavy (non-hydrogen) atoms. The Morgan fingerprint density at radius 1 is 0.750 bits per heavy atom. The van der Waals surface area contributed by atoms with Crippen LogP contribution in [-0.2, 0) is 37.2 Å². The Morgan fingerprint density at radius 2 is 1.27 bits per heavy atom. The predicted molar refractivity (Wildman–Crippen MR) is 141 cm³/mol. The molecule has 5 rings (SSSR count). The first kappa shape index (κ1) is 28.5. The number of hydrogen-bond donors (Lipinski definition) is 0. The van der Waals surface area contributed by atoms with Crippen molar-refractivity contribution in [3.05, 3.63) is 100 Å². The molecule has 3 aromatic rings. The maximum absolute atomic E-state index is 13.7. The summed E-state index contributed by atoms with van der Waals surface area (Å²) in [6.45, 7) is 4.62. The first-order chi connectivity index (χ1) is 18.9. The molecule has 1 unspecified atom stereocenters. The summed E-state index contributed by atoms with van der Waals surface area (Å²) in [5.74, 6) is 0.543. The van der Waals surface area contributed by atoms with Gasteiger partial charge in [0.15, 0.2) is 0 Å². The van der Waals surface area contributed by atoms with Crippen LogP contribution in [0.15, 0.2) is 66.7 Å². The number of para-hydroxylation sites is 1. The van der Waals surface area contributed by atoms with Crippen molar-refractivity contribution in [2.75, 3.05) is 33.3 Å². The lowest BCUT2D eigenvalue weighted by Crippen LogP contribution is -2.57. The number of benzene rings is 3. The van der Waals surface area contributed by atoms with Gasteiger partial charge < -0.3 is 4.74 Å². The average Bonchev–Trinajstić information content (AvgIpc) is 3.36. The Kier molecular flexibility index (Phi) is 7.65. The third kappa shape index (κ3) is 5.72. The van der Waals surface area contributed by atoms with Crippen molar-refractivity contribution < 1.29 is 31.1 Å². The molecule has 0 saturated carbocycles. The predicted octanol–water partition coefficient (Wildman–Crippen LogP) is 6.98. The van der Waals surface area contributed by atoms with Crippen molar-refractivity contribution in [2.24, 2.45) is 0 Å². The Bertz CT molecular complexity index is 1290. The molecule has 1 fully saturated rings. The zero-order chi connectivity index (χ0) is 28.7. The van der Waals surface area contributed by atoms with Gasteiger partial charge in [0.25, 0.3) is 0 Å². The standard InChI is InChI=1S/C31H32F6N2O/c1-29(27-9-5-6-10-28(27)40-2,20-21-15-24(30(32,33)34)19-25(16-21)31(35,36)37)39-13-11-38(12-14-39)26-17-22-7-3-4-8-23(22)18-26/h3-10,15-16,19,26H,11-14,17-18,20H2,1-2H3. The zero-order valence-electron chi connectivity index (χ0n) is 22.4. The fourth-order valence-corrected chi connectivity index (χ4v) is 6.36. The van der Waals surface area contributed by atoms with E-state index in [-0.39, 0.29) is 18.1 Å². The van der Waals surface area contributed by atoms with Crippen LogP contribution in [0.3, 0.4) is 0 Å². The van der Waals surface area contributed by atoms with E-state index in [4.69, 9.17) is 4.74 Å². The third-order valence-corrected chi connectivity index (χ3v) is 8.44. The highest BCUT2D eigenvalue weighted by Crippen LogP contribution is 2.42. The van der Waals surface area contributed by atoms with Crippen molar-refractivity contribution in [1.82, 2.24) is 9.80 Å². The van der Waals surface area contributed by atoms with Gasteiger partial charge in [-0.1, -0.05) is 42.5 Å². The van der Waals surface area contributed by atoms with Gasteiger partial charge >= 0.3 is 12.4 Å². The molecule has 1 atom stereocenters. The number of nitrogens with zero attached hydrogens (tertiary/aromatic N) is 2. The second kappa shape index (κ2) is 10.7. The van der Waals surface area contributed by atoms with E-state index in [0.717, 1.165) is 43.6 Å². The van der Waals surface area contributed by atoms with Crippen LogP contribution in [0, 0.1) is 0 Å². The largest absolute Gasteiger partial charge is 0.496 e. The first-order valence-corrected chi connectivity index (χ1v) is 13.4. The average molecular weight is 563 g/mol. The van der Waals surface area contributed by atoms with Crippen LogP contribution < -0.4 is 4.74 Å². The molecule has 2 aliphatic rings. The summed E-state index contributed by atoms with van der Waals surface area (Å²) in [5, 5.41) is 0. The number of ether oxygens (including phenoxy) is 1. The van der Waals surface area contributed by atoms with Gasteiger partial charge in [0, 0.05) is 37.8 Å². The summed E-state index contributed by atoms with van der Waals surface area (Å²) in [6.07, 6.45) is -7.90. The van der Waals surface area contributed by atoms with E-state index >= 15 is 0 Å². The second-order valence-corrected chi connectivity index (χ2v) is 10.9. The van der Waals surface area contributed by atoms with Crippen LogP contribution in [0.4, 0.5) is 26.3 Å². The van der Waals surface area contributed by atoms with Gasteiger partial charge in [0.2, 0.25) is 0 Å². The summed E-state index contributed by atoms with van der Waals surface area (Å²) in [7, 11) is 1.51. The molecule has 1 aliphatic heterocycles. The Labute approximate surface area is 230 Å². The fraction of sp³-hybridized carbons (Fsp3) is 0.419. The number of fused-ring (bicyclic) bond motifs is 1. The van der Waals surface area contributed by atoms with E-state index in [0.29, 0.717) is 24.9 Å². The molecule has 0 N–H and O–H groups in total. The van der Waals surface area contributed by atoms with Crippen molar-refractivity contribution in [3.63, 3.8) is 0 Å². The number of methoxy groups -OCH3 is 1. The van der Waals surface area contributed by atoms with Crippen LogP contribution in [-0.4, -0.2) is 49.1 Å². The van der Waals surface area contributed by atoms with Gasteiger partial charge in [-0.05, 0) is 67.1 Å². The molecule has 9 heteroatoms. The van der Waals surface area contributed by atoms with E-state index < -0.39 is 29.0 Å². The smallest absolute Gasteiger partial charge is 0.416 e. The molecule has 3 aromatic carbocycles. The van der Waals surface area contributed by atoms with Gasteiger partial charge in [-0.15, -0.1) is 0 Å². The fourth-order valence-electron chi connectivity index (χ4n) is 6.36. The maximum atomic E-state index is 13.7. The van der Waals surface area contributed by atoms with E-state index in [2.05, 4.69) is 34.1 Å². The second-order valence-electron chi connectivity index (χ2n) is 10.9. The molecule has 0 spiro atoms. The van der Waals surface area contributed by atoms with Crippen molar-refractivity contribution in [2.45, 2.75) is 50.1 Å². The highest BCUT2D eigenvalue weighted by atomic mass is 19.4. The molecule has 1 saturated heterocycles. The summed E-state index contributed by atoms with van der Waals surface area (Å²) in [6, 6.07) is 17.9. The van der Waals surface area contributed by atoms with Crippen LogP contribution in [0.2, 0.25) is 0 Å². The van der Waals surface area contributed by atoms with E-state index in [9.17, 15) is 26.3 Å². The number of hydrogen-bond acceptors (Lipinski definition) is 3.